The molecule has 2 aliphatic heterocycles. The van der Waals surface area contributed by atoms with Gasteiger partial charge in [-0.15, -0.1) is 11.6 Å². The van der Waals surface area contributed by atoms with Crippen molar-refractivity contribution in [3.05, 3.63) is 0 Å². The Balaban J connectivity index is 1.72. The van der Waals surface area contributed by atoms with Gasteiger partial charge in [-0.1, -0.05) is 31.0 Å². The Hall–Kier alpha value is -0.460. The molecule has 24 heavy (non-hydrogen) atoms. The number of nitrogens with zero attached hydrogens (tertiary/aromatic N) is 3. The fourth-order valence-electron chi connectivity index (χ4n) is 4.98. The highest BCUT2D eigenvalue weighted by atomic mass is 35.5. The summed E-state index contributed by atoms with van der Waals surface area (Å²) >= 11 is 8.02. The fourth-order valence-corrected chi connectivity index (χ4v) is 6.33. The molecule has 0 spiro atoms. The van der Waals surface area contributed by atoms with E-state index < -0.39 is 0 Å². The van der Waals surface area contributed by atoms with E-state index in [4.69, 9.17) is 17.3 Å². The van der Waals surface area contributed by atoms with Gasteiger partial charge in [-0.25, -0.2) is 4.99 Å². The first-order chi connectivity index (χ1) is 11.6. The molecular formula is C17H27ClN4OS. The van der Waals surface area contributed by atoms with Crippen molar-refractivity contribution in [2.45, 2.75) is 85.6 Å². The van der Waals surface area contributed by atoms with E-state index in [-0.39, 0.29) is 28.1 Å². The summed E-state index contributed by atoms with van der Waals surface area (Å²) in [5.41, 5.74) is 5.73. The van der Waals surface area contributed by atoms with Crippen molar-refractivity contribution in [1.82, 2.24) is 9.80 Å². The van der Waals surface area contributed by atoms with Crippen LogP contribution in [0.1, 0.15) is 51.4 Å². The number of alkyl halides is 1. The van der Waals surface area contributed by atoms with Gasteiger partial charge < -0.3 is 15.5 Å². The molecule has 4 rings (SSSR count). The molecule has 0 aromatic rings. The number of thioether (sulfide) groups is 1. The van der Waals surface area contributed by atoms with Crippen molar-refractivity contribution < 1.29 is 4.79 Å². The Bertz CT molecular complexity index is 539. The molecule has 5 unspecified atom stereocenters. The van der Waals surface area contributed by atoms with Gasteiger partial charge in [0.2, 0.25) is 5.91 Å². The van der Waals surface area contributed by atoms with Crippen molar-refractivity contribution in [3.8, 4) is 0 Å². The number of rotatable bonds is 1. The summed E-state index contributed by atoms with van der Waals surface area (Å²) in [6.45, 7) is 0. The third-order valence-electron chi connectivity index (χ3n) is 6.15. The summed E-state index contributed by atoms with van der Waals surface area (Å²) in [6.07, 6.45) is 8.93. The number of hydrogen-bond acceptors (Lipinski definition) is 5. The largest absolute Gasteiger partial charge is 0.357 e. The normalized spacial score (nSPS) is 40.9. The highest BCUT2D eigenvalue weighted by Gasteiger charge is 2.50. The van der Waals surface area contributed by atoms with Crippen molar-refractivity contribution in [1.29, 1.82) is 0 Å². The second kappa shape index (κ2) is 6.69. The van der Waals surface area contributed by atoms with E-state index in [0.717, 1.165) is 37.9 Å². The van der Waals surface area contributed by atoms with Crippen LogP contribution >= 0.6 is 23.4 Å². The molecule has 7 heteroatoms. The van der Waals surface area contributed by atoms with Crippen molar-refractivity contribution in [2.24, 2.45) is 10.7 Å². The summed E-state index contributed by atoms with van der Waals surface area (Å²) in [5, 5.41) is -0.0559. The maximum atomic E-state index is 13.5. The van der Waals surface area contributed by atoms with Crippen LogP contribution in [0.2, 0.25) is 0 Å². The number of amides is 1. The average Bonchev–Trinajstić information content (AvgIpc) is 2.94. The molecule has 0 aromatic carbocycles. The number of carbonyl (C=O) groups is 1. The summed E-state index contributed by atoms with van der Waals surface area (Å²) in [6, 6.07) is 0.901. The number of hydrogen-bond donors (Lipinski definition) is 1. The molecular weight excluding hydrogens is 344 g/mol. The summed E-state index contributed by atoms with van der Waals surface area (Å²) in [5.74, 6) is 1.11. The SMILES string of the molecule is CN1C2=NC(N)SC2C(=O)N(C2CCCCC2)C2CC(Cl)CCC21. The molecule has 1 amide bonds. The van der Waals surface area contributed by atoms with Crippen LogP contribution in [0.25, 0.3) is 0 Å². The molecule has 2 N–H and O–H groups in total. The van der Waals surface area contributed by atoms with E-state index in [9.17, 15) is 4.79 Å². The topological polar surface area (TPSA) is 61.9 Å². The van der Waals surface area contributed by atoms with E-state index in [2.05, 4.69) is 21.8 Å². The van der Waals surface area contributed by atoms with Gasteiger partial charge in [0.15, 0.2) is 0 Å². The Morgan fingerprint density at radius 3 is 2.67 bits per heavy atom. The molecule has 5 atom stereocenters. The lowest BCUT2D eigenvalue weighted by molar-refractivity contribution is -0.136. The molecule has 2 saturated carbocycles. The van der Waals surface area contributed by atoms with Gasteiger partial charge in [0, 0.05) is 18.5 Å². The third-order valence-corrected chi connectivity index (χ3v) is 7.61. The van der Waals surface area contributed by atoms with Gasteiger partial charge in [-0.3, -0.25) is 4.79 Å². The summed E-state index contributed by atoms with van der Waals surface area (Å²) in [7, 11) is 2.09. The van der Waals surface area contributed by atoms with Crippen LogP contribution in [0.5, 0.6) is 0 Å². The maximum Gasteiger partial charge on any atom is 0.244 e. The molecule has 134 valence electrons. The predicted octanol–water partition coefficient (Wildman–Crippen LogP) is 2.38. The highest BCUT2D eigenvalue weighted by molar-refractivity contribution is 8.02. The molecule has 3 fully saturated rings. The second-order valence-electron chi connectivity index (χ2n) is 7.59. The Labute approximate surface area is 153 Å². The van der Waals surface area contributed by atoms with Gasteiger partial charge in [0.25, 0.3) is 0 Å². The predicted molar refractivity (Wildman–Crippen MR) is 99.3 cm³/mol. The van der Waals surface area contributed by atoms with Crippen LogP contribution in [0, 0.1) is 0 Å². The summed E-state index contributed by atoms with van der Waals surface area (Å²) in [4.78, 5) is 22.6. The van der Waals surface area contributed by atoms with Gasteiger partial charge in [-0.2, -0.15) is 0 Å². The lowest BCUT2D eigenvalue weighted by Gasteiger charge is -2.46. The minimum Gasteiger partial charge on any atom is -0.357 e. The van der Waals surface area contributed by atoms with E-state index in [0.29, 0.717) is 12.1 Å². The number of likely N-dealkylation sites (N-methyl/N-ethyl adjacent to an activating group) is 1. The second-order valence-corrected chi connectivity index (χ2v) is 9.43. The number of nitrogens with two attached hydrogens (primary N) is 1. The van der Waals surface area contributed by atoms with Crippen molar-refractivity contribution in [2.75, 3.05) is 7.05 Å². The minimum atomic E-state index is -0.314. The minimum absolute atomic E-state index is 0.174. The van der Waals surface area contributed by atoms with E-state index in [1.807, 2.05) is 0 Å². The quantitative estimate of drug-likeness (QED) is 0.720. The highest BCUT2D eigenvalue weighted by Crippen LogP contribution is 2.40. The molecule has 2 aliphatic carbocycles. The van der Waals surface area contributed by atoms with Crippen LogP contribution in [0.3, 0.4) is 0 Å². The Morgan fingerprint density at radius 1 is 1.17 bits per heavy atom. The smallest absolute Gasteiger partial charge is 0.244 e. The van der Waals surface area contributed by atoms with Gasteiger partial charge in [0.05, 0.1) is 12.1 Å². The number of halogens is 1. The lowest BCUT2D eigenvalue weighted by Crippen LogP contribution is -2.57. The van der Waals surface area contributed by atoms with Crippen molar-refractivity contribution in [3.63, 3.8) is 0 Å². The van der Waals surface area contributed by atoms with Crippen LogP contribution in [0.4, 0.5) is 0 Å². The zero-order valence-electron chi connectivity index (χ0n) is 14.2. The van der Waals surface area contributed by atoms with E-state index in [1.165, 1.54) is 31.0 Å². The first kappa shape index (κ1) is 17.0. The fraction of sp³-hybridized carbons (Fsp3) is 0.882. The first-order valence-corrected chi connectivity index (χ1v) is 10.6. The number of aliphatic imine (C=N–C) groups is 1. The van der Waals surface area contributed by atoms with Gasteiger partial charge in [-0.05, 0) is 32.1 Å². The molecule has 0 bridgehead atoms. The third kappa shape index (κ3) is 2.84. The zero-order valence-corrected chi connectivity index (χ0v) is 15.8. The van der Waals surface area contributed by atoms with Crippen molar-refractivity contribution >= 4 is 35.1 Å². The molecule has 0 radical (unpaired) electrons. The molecule has 0 aromatic heterocycles. The molecule has 4 aliphatic rings. The molecule has 5 nitrogen and oxygen atoms in total. The maximum absolute atomic E-state index is 13.5. The Morgan fingerprint density at radius 2 is 1.92 bits per heavy atom. The van der Waals surface area contributed by atoms with Crippen LogP contribution in [0.15, 0.2) is 4.99 Å². The lowest BCUT2D eigenvalue weighted by atomic mass is 9.85. The number of amidine groups is 1. The first-order valence-electron chi connectivity index (χ1n) is 9.24. The van der Waals surface area contributed by atoms with Crippen LogP contribution in [-0.2, 0) is 4.79 Å². The number of fused-ring (bicyclic) bond motifs is 2. The van der Waals surface area contributed by atoms with E-state index in [1.54, 1.807) is 0 Å². The van der Waals surface area contributed by atoms with Crippen LogP contribution in [-0.4, -0.2) is 62.8 Å². The van der Waals surface area contributed by atoms with Crippen LogP contribution < -0.4 is 5.73 Å². The Kier molecular flexibility index (Phi) is 4.73. The van der Waals surface area contributed by atoms with Gasteiger partial charge >= 0.3 is 0 Å². The molecule has 2 heterocycles. The number of carbonyl (C=O) groups excluding carboxylic acids is 1. The summed E-state index contributed by atoms with van der Waals surface area (Å²) < 4.78 is 0. The molecule has 1 saturated heterocycles. The standard InChI is InChI=1S/C17H27ClN4OS/c1-21-12-8-7-10(18)9-13(12)22(11-5-3-2-4-6-11)16(23)14-15(21)20-17(19)24-14/h10-14,17H,2-9,19H2,1H3. The zero-order chi connectivity index (χ0) is 16.8. The van der Waals surface area contributed by atoms with E-state index >= 15 is 0 Å². The van der Waals surface area contributed by atoms with Gasteiger partial charge in [0.1, 0.15) is 16.6 Å². The average molecular weight is 371 g/mol. The monoisotopic (exact) mass is 370 g/mol.